The Bertz CT molecular complexity index is 1540. The molecular weight excluding hydrogens is 520 g/mol. The van der Waals surface area contributed by atoms with Gasteiger partial charge in [-0.15, -0.1) is 0 Å². The number of nitrogens with two attached hydrogens (primary N) is 1. The Balaban J connectivity index is 1.74. The third-order valence-electron chi connectivity index (χ3n) is 8.30. The van der Waals surface area contributed by atoms with Crippen molar-refractivity contribution in [2.45, 2.75) is 24.5 Å². The highest BCUT2D eigenvalue weighted by Gasteiger charge is 2.63. The third-order valence-corrected chi connectivity index (χ3v) is 8.30. The van der Waals surface area contributed by atoms with E-state index < -0.39 is 58.0 Å². The van der Waals surface area contributed by atoms with Gasteiger partial charge >= 0.3 is 0 Å². The summed E-state index contributed by atoms with van der Waals surface area (Å²) in [6.07, 6.45) is 0.148. The molecule has 0 aliphatic heterocycles. The number of nitrogens with zero attached hydrogens (tertiary/aromatic N) is 1. The lowest BCUT2D eigenvalue weighted by Gasteiger charge is -2.50. The van der Waals surface area contributed by atoms with E-state index >= 15 is 0 Å². The minimum absolute atomic E-state index is 0.00387. The first-order chi connectivity index (χ1) is 18.9. The van der Waals surface area contributed by atoms with Crippen molar-refractivity contribution in [1.29, 1.82) is 0 Å². The van der Waals surface area contributed by atoms with E-state index in [9.17, 15) is 34.8 Å². The molecule has 0 heterocycles. The van der Waals surface area contributed by atoms with Crippen LogP contribution in [0.4, 0.5) is 0 Å². The zero-order valence-electron chi connectivity index (χ0n) is 22.4. The highest BCUT2D eigenvalue weighted by molar-refractivity contribution is 6.25. The molecule has 210 valence electrons. The molecule has 2 aromatic carbocycles. The SMILES string of the molecule is COc1ccc(OC)c(-c2ccc(O)c3c2C[C@H]2C[C@H]4[C@H](N(C)C)C(O)=C(C(N)=O)C(=O)[C@@]4(O)C(O)=C2C3=O)c1. The number of aromatic hydroxyl groups is 1. The molecule has 0 spiro atoms. The molecule has 6 N–H and O–H groups in total. The molecule has 3 aliphatic carbocycles. The van der Waals surface area contributed by atoms with Gasteiger partial charge in [-0.05, 0) is 68.2 Å². The van der Waals surface area contributed by atoms with Crippen LogP contribution in [-0.4, -0.2) is 82.8 Å². The maximum absolute atomic E-state index is 13.9. The number of fused-ring (bicyclic) bond motifs is 3. The number of allylic oxidation sites excluding steroid dienone is 1. The Morgan fingerprint density at radius 3 is 2.35 bits per heavy atom. The van der Waals surface area contributed by atoms with Crippen LogP contribution in [0.5, 0.6) is 17.2 Å². The summed E-state index contributed by atoms with van der Waals surface area (Å²) in [5.41, 5.74) is 3.24. The first kappa shape index (κ1) is 27.2. The van der Waals surface area contributed by atoms with Crippen LogP contribution in [0.2, 0.25) is 0 Å². The number of carbonyl (C=O) groups excluding carboxylic acids is 3. The second kappa shape index (κ2) is 9.39. The van der Waals surface area contributed by atoms with Crippen molar-refractivity contribution in [3.63, 3.8) is 0 Å². The number of hydrogen-bond donors (Lipinski definition) is 5. The van der Waals surface area contributed by atoms with E-state index in [1.165, 1.54) is 25.2 Å². The fourth-order valence-corrected chi connectivity index (χ4v) is 6.53. The van der Waals surface area contributed by atoms with Gasteiger partial charge in [0.2, 0.25) is 5.78 Å². The first-order valence-corrected chi connectivity index (χ1v) is 12.6. The van der Waals surface area contributed by atoms with Gasteiger partial charge in [-0.25, -0.2) is 0 Å². The van der Waals surface area contributed by atoms with Crippen molar-refractivity contribution < 1.29 is 44.3 Å². The molecule has 5 rings (SSSR count). The zero-order valence-corrected chi connectivity index (χ0v) is 22.4. The van der Waals surface area contributed by atoms with Gasteiger partial charge in [0.05, 0.1) is 25.8 Å². The van der Waals surface area contributed by atoms with Gasteiger partial charge < -0.3 is 35.6 Å². The second-order valence-electron chi connectivity index (χ2n) is 10.5. The van der Waals surface area contributed by atoms with Crippen LogP contribution >= 0.6 is 0 Å². The van der Waals surface area contributed by atoms with Gasteiger partial charge in [-0.3, -0.25) is 19.3 Å². The van der Waals surface area contributed by atoms with Gasteiger partial charge in [0.15, 0.2) is 11.4 Å². The van der Waals surface area contributed by atoms with Crippen molar-refractivity contribution in [2.75, 3.05) is 28.3 Å². The lowest BCUT2D eigenvalue weighted by Crippen LogP contribution is -2.63. The van der Waals surface area contributed by atoms with Crippen molar-refractivity contribution in [3.8, 4) is 28.4 Å². The fourth-order valence-electron chi connectivity index (χ4n) is 6.53. The van der Waals surface area contributed by atoms with E-state index in [0.29, 0.717) is 28.2 Å². The van der Waals surface area contributed by atoms with Crippen molar-refractivity contribution in [1.82, 2.24) is 4.90 Å². The molecule has 2 aromatic rings. The average molecular weight is 551 g/mol. The maximum Gasteiger partial charge on any atom is 0.255 e. The topological polar surface area (TPSA) is 180 Å². The zero-order chi connectivity index (χ0) is 29.3. The molecule has 0 unspecified atom stereocenters. The van der Waals surface area contributed by atoms with E-state index in [1.54, 1.807) is 38.4 Å². The van der Waals surface area contributed by atoms with Gasteiger partial charge in [0, 0.05) is 17.1 Å². The quantitative estimate of drug-likeness (QED) is 0.345. The number of likely N-dealkylation sites (N-methyl/N-ethyl adjacent to an activating group) is 1. The van der Waals surface area contributed by atoms with Crippen LogP contribution < -0.4 is 15.2 Å². The summed E-state index contributed by atoms with van der Waals surface area (Å²) in [6, 6.07) is 7.14. The first-order valence-electron chi connectivity index (χ1n) is 12.6. The summed E-state index contributed by atoms with van der Waals surface area (Å²) in [4.78, 5) is 41.0. The maximum atomic E-state index is 13.9. The van der Waals surface area contributed by atoms with Gasteiger partial charge in [0.1, 0.15) is 34.3 Å². The van der Waals surface area contributed by atoms with Crippen LogP contribution in [0, 0.1) is 11.8 Å². The second-order valence-corrected chi connectivity index (χ2v) is 10.5. The minimum Gasteiger partial charge on any atom is -0.510 e. The number of phenolic OH excluding ortho intramolecular Hbond substituents is 1. The molecule has 4 atom stereocenters. The summed E-state index contributed by atoms with van der Waals surface area (Å²) < 4.78 is 10.9. The van der Waals surface area contributed by atoms with E-state index in [1.807, 2.05) is 0 Å². The van der Waals surface area contributed by atoms with Crippen molar-refractivity contribution >= 4 is 17.5 Å². The van der Waals surface area contributed by atoms with Crippen molar-refractivity contribution in [3.05, 3.63) is 64.1 Å². The van der Waals surface area contributed by atoms with Crippen molar-refractivity contribution in [2.24, 2.45) is 17.6 Å². The highest BCUT2D eigenvalue weighted by atomic mass is 16.5. The summed E-state index contributed by atoms with van der Waals surface area (Å²) in [7, 11) is 6.19. The molecule has 0 saturated carbocycles. The van der Waals surface area contributed by atoms with E-state index in [0.717, 1.165) is 0 Å². The number of rotatable bonds is 5. The fraction of sp³-hybridized carbons (Fsp3) is 0.345. The summed E-state index contributed by atoms with van der Waals surface area (Å²) in [5, 5.41) is 44.9. The number of benzene rings is 2. The molecule has 3 aliphatic rings. The van der Waals surface area contributed by atoms with E-state index in [4.69, 9.17) is 15.2 Å². The van der Waals surface area contributed by atoms with Crippen LogP contribution in [0.3, 0.4) is 0 Å². The molecular formula is C29H30N2O9. The number of hydrogen-bond acceptors (Lipinski definition) is 10. The molecule has 0 fully saturated rings. The highest BCUT2D eigenvalue weighted by Crippen LogP contribution is 2.53. The molecule has 11 nitrogen and oxygen atoms in total. The molecule has 11 heteroatoms. The minimum atomic E-state index is -2.69. The number of amides is 1. The number of ketones is 2. The molecule has 0 saturated heterocycles. The number of phenols is 1. The Morgan fingerprint density at radius 2 is 1.75 bits per heavy atom. The Labute approximate surface area is 229 Å². The number of methoxy groups -OCH3 is 2. The molecule has 0 aromatic heterocycles. The standard InChI is InChI=1S/C29H30N2O9/c1-31(2)23-17-10-12-9-16-14(15-11-13(39-3)5-8-19(15)40-4)6-7-18(32)21(16)24(33)20(12)26(35)29(17,38)27(36)22(25(23)34)28(30)37/h5-8,11-12,17,23,32,34-35,38H,9-10H2,1-4H3,(H2,30,37)/t12-,17-,23-,29-/m0/s1. The monoisotopic (exact) mass is 550 g/mol. The number of ether oxygens (including phenoxy) is 2. The lowest BCUT2D eigenvalue weighted by molar-refractivity contribution is -0.148. The van der Waals surface area contributed by atoms with Gasteiger partial charge in [0.25, 0.3) is 5.91 Å². The van der Waals surface area contributed by atoms with E-state index in [-0.39, 0.29) is 29.7 Å². The molecule has 1 amide bonds. The smallest absolute Gasteiger partial charge is 0.255 e. The number of aliphatic hydroxyl groups is 3. The summed E-state index contributed by atoms with van der Waals surface area (Å²) in [5.74, 6) is -5.91. The molecule has 40 heavy (non-hydrogen) atoms. The van der Waals surface area contributed by atoms with Crippen LogP contribution in [0.25, 0.3) is 11.1 Å². The van der Waals surface area contributed by atoms with Gasteiger partial charge in [-0.1, -0.05) is 6.07 Å². The van der Waals surface area contributed by atoms with Crippen LogP contribution in [0.1, 0.15) is 22.3 Å². The van der Waals surface area contributed by atoms with Crippen LogP contribution in [0.15, 0.2) is 53.0 Å². The number of aliphatic hydroxyl groups excluding tert-OH is 2. The Morgan fingerprint density at radius 1 is 1.05 bits per heavy atom. The average Bonchev–Trinajstić information content (AvgIpc) is 2.90. The largest absolute Gasteiger partial charge is 0.510 e. The van der Waals surface area contributed by atoms with Crippen LogP contribution in [-0.2, 0) is 16.0 Å². The Hall–Kier alpha value is -4.35. The molecule has 0 radical (unpaired) electrons. The predicted molar refractivity (Wildman–Crippen MR) is 142 cm³/mol. The van der Waals surface area contributed by atoms with Gasteiger partial charge in [-0.2, -0.15) is 0 Å². The summed E-state index contributed by atoms with van der Waals surface area (Å²) >= 11 is 0. The number of primary amides is 1. The number of Topliss-reactive ketones (excluding diaryl/α,β-unsaturated/α-hetero) is 2. The van der Waals surface area contributed by atoms with E-state index in [2.05, 4.69) is 0 Å². The third kappa shape index (κ3) is 3.61. The summed E-state index contributed by atoms with van der Waals surface area (Å²) in [6.45, 7) is 0. The Kier molecular flexibility index (Phi) is 6.39. The number of carbonyl (C=O) groups is 3. The predicted octanol–water partition coefficient (Wildman–Crippen LogP) is 1.80. The normalized spacial score (nSPS) is 25.9. The molecule has 0 bridgehead atoms. The lowest BCUT2D eigenvalue weighted by atomic mass is 9.58.